The average Bonchev–Trinajstić information content (AvgIpc) is 3.05. The lowest BCUT2D eigenvalue weighted by Gasteiger charge is -2.17. The molecule has 0 amide bonds. The number of aliphatic carboxylic acids is 1. The number of carbonyl (C=O) groups excluding carboxylic acids is 1. The molecule has 1 N–H and O–H groups in total. The Hall–Kier alpha value is -2.42. The summed E-state index contributed by atoms with van der Waals surface area (Å²) in [5.41, 5.74) is 2.76. The molecule has 3 rings (SSSR count). The molecule has 3 heteroatoms. The quantitative estimate of drug-likeness (QED) is 0.769. The molecular formula is C22H26O3. The molecule has 132 valence electrons. The number of ketones is 1. The molecule has 0 saturated heterocycles. The Morgan fingerprint density at radius 2 is 1.44 bits per heavy atom. The van der Waals surface area contributed by atoms with Gasteiger partial charge in [-0.1, -0.05) is 75.4 Å². The molecule has 3 atom stereocenters. The maximum atomic E-state index is 12.7. The van der Waals surface area contributed by atoms with Crippen molar-refractivity contribution in [1.29, 1.82) is 0 Å². The van der Waals surface area contributed by atoms with Crippen molar-refractivity contribution < 1.29 is 14.7 Å². The van der Waals surface area contributed by atoms with Gasteiger partial charge >= 0.3 is 5.97 Å². The third kappa shape index (κ3) is 4.16. The summed E-state index contributed by atoms with van der Waals surface area (Å²) in [4.78, 5) is 24.1. The number of carbonyl (C=O) groups is 2. The van der Waals surface area contributed by atoms with Gasteiger partial charge in [0, 0.05) is 11.5 Å². The maximum Gasteiger partial charge on any atom is 0.307 e. The van der Waals surface area contributed by atoms with Crippen LogP contribution in [0.5, 0.6) is 0 Å². The van der Waals surface area contributed by atoms with Gasteiger partial charge in [0.15, 0.2) is 5.78 Å². The van der Waals surface area contributed by atoms with Crippen molar-refractivity contribution in [2.24, 2.45) is 17.8 Å². The van der Waals surface area contributed by atoms with Gasteiger partial charge in [-0.25, -0.2) is 0 Å². The van der Waals surface area contributed by atoms with Gasteiger partial charge in [-0.05, 0) is 29.9 Å². The lowest BCUT2D eigenvalue weighted by Crippen LogP contribution is -2.28. The van der Waals surface area contributed by atoms with Crippen molar-refractivity contribution in [3.63, 3.8) is 0 Å². The molecular weight excluding hydrogens is 312 g/mol. The number of hydrogen-bond donors (Lipinski definition) is 1. The van der Waals surface area contributed by atoms with Crippen molar-refractivity contribution in [3.8, 4) is 11.1 Å². The van der Waals surface area contributed by atoms with E-state index in [1.54, 1.807) is 0 Å². The van der Waals surface area contributed by atoms with Crippen LogP contribution in [-0.2, 0) is 4.79 Å². The highest BCUT2D eigenvalue weighted by molar-refractivity contribution is 6.00. The van der Waals surface area contributed by atoms with Crippen molar-refractivity contribution in [2.75, 3.05) is 0 Å². The molecule has 0 spiro atoms. The first kappa shape index (κ1) is 18.9. The van der Waals surface area contributed by atoms with Crippen LogP contribution in [0, 0.1) is 17.8 Å². The minimum atomic E-state index is -0.853. The summed E-state index contributed by atoms with van der Waals surface area (Å²) in [6.45, 7) is 5.92. The Morgan fingerprint density at radius 3 is 2.00 bits per heavy atom. The molecule has 0 bridgehead atoms. The zero-order chi connectivity index (χ0) is 18.4. The second kappa shape index (κ2) is 8.61. The molecule has 0 radical (unpaired) electrons. The van der Waals surface area contributed by atoms with E-state index in [0.29, 0.717) is 12.0 Å². The minimum absolute atomic E-state index is 0.0404. The van der Waals surface area contributed by atoms with E-state index in [2.05, 4.69) is 0 Å². The Kier molecular flexibility index (Phi) is 6.51. The van der Waals surface area contributed by atoms with Crippen LogP contribution in [0.3, 0.4) is 0 Å². The van der Waals surface area contributed by atoms with E-state index < -0.39 is 17.8 Å². The Morgan fingerprint density at radius 1 is 0.880 bits per heavy atom. The Balaban J connectivity index is 0.00000109. The van der Waals surface area contributed by atoms with Crippen LogP contribution in [-0.4, -0.2) is 16.9 Å². The van der Waals surface area contributed by atoms with E-state index in [1.807, 2.05) is 75.4 Å². The smallest absolute Gasteiger partial charge is 0.307 e. The van der Waals surface area contributed by atoms with Gasteiger partial charge in [0.1, 0.15) is 0 Å². The molecule has 2 aromatic rings. The molecule has 2 aromatic carbocycles. The number of benzene rings is 2. The zero-order valence-corrected chi connectivity index (χ0v) is 15.1. The summed E-state index contributed by atoms with van der Waals surface area (Å²) < 4.78 is 0. The van der Waals surface area contributed by atoms with E-state index in [0.717, 1.165) is 17.5 Å². The minimum Gasteiger partial charge on any atom is -0.481 e. The molecule has 1 aliphatic rings. The van der Waals surface area contributed by atoms with Crippen LogP contribution < -0.4 is 0 Å². The largest absolute Gasteiger partial charge is 0.481 e. The van der Waals surface area contributed by atoms with Crippen LogP contribution in [0.1, 0.15) is 44.0 Å². The van der Waals surface area contributed by atoms with Gasteiger partial charge in [0.25, 0.3) is 0 Å². The number of carboxylic acid groups (broad SMARTS) is 1. The number of rotatable bonds is 4. The predicted octanol–water partition coefficient (Wildman–Crippen LogP) is 5.31. The van der Waals surface area contributed by atoms with Gasteiger partial charge in [-0.2, -0.15) is 0 Å². The van der Waals surface area contributed by atoms with E-state index in [9.17, 15) is 14.7 Å². The summed E-state index contributed by atoms with van der Waals surface area (Å²) in [5, 5.41) is 9.39. The van der Waals surface area contributed by atoms with Crippen molar-refractivity contribution in [1.82, 2.24) is 0 Å². The predicted molar refractivity (Wildman–Crippen MR) is 101 cm³/mol. The van der Waals surface area contributed by atoms with E-state index in [-0.39, 0.29) is 11.7 Å². The SMILES string of the molecule is CC.CC1CCC(C(=O)c2ccc(-c3ccccc3)cc2)C1C(=O)O. The monoisotopic (exact) mass is 338 g/mol. The van der Waals surface area contributed by atoms with E-state index in [4.69, 9.17) is 0 Å². The standard InChI is InChI=1S/C20H20O3.C2H6/c1-13-7-12-17(18(13)20(22)23)19(21)16-10-8-15(9-11-16)14-5-3-2-4-6-14;1-2/h2-6,8-11,13,17-18H,7,12H2,1H3,(H,22,23);1-2H3. The molecule has 1 fully saturated rings. The first-order valence-electron chi connectivity index (χ1n) is 9.00. The zero-order valence-electron chi connectivity index (χ0n) is 15.1. The molecule has 0 aromatic heterocycles. The van der Waals surface area contributed by atoms with Crippen molar-refractivity contribution in [3.05, 3.63) is 60.2 Å². The lowest BCUT2D eigenvalue weighted by molar-refractivity contribution is -0.143. The third-order valence-electron chi connectivity index (χ3n) is 4.88. The van der Waals surface area contributed by atoms with Gasteiger partial charge in [-0.3, -0.25) is 9.59 Å². The maximum absolute atomic E-state index is 12.7. The molecule has 3 nitrogen and oxygen atoms in total. The van der Waals surface area contributed by atoms with Gasteiger partial charge in [-0.15, -0.1) is 0 Å². The Labute approximate surface area is 149 Å². The van der Waals surface area contributed by atoms with Crippen molar-refractivity contribution >= 4 is 11.8 Å². The van der Waals surface area contributed by atoms with E-state index in [1.165, 1.54) is 0 Å². The molecule has 0 aliphatic heterocycles. The lowest BCUT2D eigenvalue weighted by atomic mass is 9.85. The van der Waals surface area contributed by atoms with Gasteiger partial charge < -0.3 is 5.11 Å². The van der Waals surface area contributed by atoms with E-state index >= 15 is 0 Å². The van der Waals surface area contributed by atoms with Crippen LogP contribution in [0.15, 0.2) is 54.6 Å². The fourth-order valence-electron chi connectivity index (χ4n) is 3.58. The number of hydrogen-bond acceptors (Lipinski definition) is 2. The topological polar surface area (TPSA) is 54.4 Å². The van der Waals surface area contributed by atoms with Crippen LogP contribution in [0.25, 0.3) is 11.1 Å². The highest BCUT2D eigenvalue weighted by Crippen LogP contribution is 2.39. The third-order valence-corrected chi connectivity index (χ3v) is 4.88. The Bertz CT molecular complexity index is 704. The second-order valence-corrected chi connectivity index (χ2v) is 6.33. The molecule has 25 heavy (non-hydrogen) atoms. The highest BCUT2D eigenvalue weighted by Gasteiger charge is 2.42. The van der Waals surface area contributed by atoms with Crippen molar-refractivity contribution in [2.45, 2.75) is 33.6 Å². The highest BCUT2D eigenvalue weighted by atomic mass is 16.4. The fourth-order valence-corrected chi connectivity index (χ4v) is 3.58. The summed E-state index contributed by atoms with van der Waals surface area (Å²) in [5.74, 6) is -1.79. The van der Waals surface area contributed by atoms with Gasteiger partial charge in [0.2, 0.25) is 0 Å². The molecule has 3 unspecified atom stereocenters. The number of carboxylic acids is 1. The second-order valence-electron chi connectivity index (χ2n) is 6.33. The van der Waals surface area contributed by atoms with Crippen LogP contribution >= 0.6 is 0 Å². The van der Waals surface area contributed by atoms with Crippen LogP contribution in [0.2, 0.25) is 0 Å². The summed E-state index contributed by atoms with van der Waals surface area (Å²) in [6.07, 6.45) is 1.47. The first-order valence-corrected chi connectivity index (χ1v) is 9.00. The van der Waals surface area contributed by atoms with Gasteiger partial charge in [0.05, 0.1) is 5.92 Å². The average molecular weight is 338 g/mol. The van der Waals surface area contributed by atoms with Crippen LogP contribution in [0.4, 0.5) is 0 Å². The summed E-state index contributed by atoms with van der Waals surface area (Å²) >= 11 is 0. The molecule has 0 heterocycles. The summed E-state index contributed by atoms with van der Waals surface area (Å²) in [7, 11) is 0. The fraction of sp³-hybridized carbons (Fsp3) is 0.364. The normalized spacial score (nSPS) is 22.0. The first-order chi connectivity index (χ1) is 12.1. The number of Topliss-reactive ketones (excluding diaryl/α,β-unsaturated/α-hetero) is 1. The summed E-state index contributed by atoms with van der Waals surface area (Å²) in [6, 6.07) is 17.4. The molecule has 1 aliphatic carbocycles. The molecule has 1 saturated carbocycles.